The number of anilines is 2. The lowest BCUT2D eigenvalue weighted by atomic mass is 10.1. The number of halogens is 1. The van der Waals surface area contributed by atoms with E-state index in [0.717, 1.165) is 29.8 Å². The van der Waals surface area contributed by atoms with Crippen LogP contribution in [0, 0.1) is 0 Å². The molecule has 3 rings (SSSR count). The third kappa shape index (κ3) is 5.08. The minimum Gasteiger partial charge on any atom is -0.371 e. The van der Waals surface area contributed by atoms with E-state index < -0.39 is 0 Å². The fourth-order valence-electron chi connectivity index (χ4n) is 3.43. The van der Waals surface area contributed by atoms with E-state index in [4.69, 9.17) is 0 Å². The Labute approximate surface area is 164 Å². The van der Waals surface area contributed by atoms with E-state index >= 15 is 0 Å². The van der Waals surface area contributed by atoms with Gasteiger partial charge in [-0.25, -0.2) is 0 Å². The second-order valence-electron chi connectivity index (χ2n) is 6.88. The first-order valence-corrected chi connectivity index (χ1v) is 9.98. The van der Waals surface area contributed by atoms with Gasteiger partial charge in [-0.1, -0.05) is 30.3 Å². The van der Waals surface area contributed by atoms with E-state index in [1.165, 1.54) is 30.5 Å². The van der Waals surface area contributed by atoms with Gasteiger partial charge in [0.2, 0.25) is 5.91 Å². The van der Waals surface area contributed by atoms with Crippen LogP contribution in [-0.4, -0.2) is 37.5 Å². The number of hydrogen-bond acceptors (Lipinski definition) is 3. The van der Waals surface area contributed by atoms with E-state index in [2.05, 4.69) is 55.3 Å². The molecule has 138 valence electrons. The van der Waals surface area contributed by atoms with Gasteiger partial charge < -0.3 is 10.2 Å². The van der Waals surface area contributed by atoms with Gasteiger partial charge >= 0.3 is 0 Å². The Morgan fingerprint density at radius 1 is 1.08 bits per heavy atom. The first-order chi connectivity index (χ1) is 12.6. The molecule has 1 N–H and O–H groups in total. The summed E-state index contributed by atoms with van der Waals surface area (Å²) in [5.74, 6) is -0.00477. The molecule has 1 fully saturated rings. The number of nitrogens with zero attached hydrogens (tertiary/aromatic N) is 2. The number of carbonyl (C=O) groups excluding carboxylic acids is 1. The van der Waals surface area contributed by atoms with Gasteiger partial charge in [0, 0.05) is 29.8 Å². The summed E-state index contributed by atoms with van der Waals surface area (Å²) >= 11 is 3.46. The normalized spacial score (nSPS) is 14.5. The summed E-state index contributed by atoms with van der Waals surface area (Å²) in [7, 11) is 1.99. The van der Waals surface area contributed by atoms with Crippen LogP contribution in [0.3, 0.4) is 0 Å². The van der Waals surface area contributed by atoms with Gasteiger partial charge in [-0.05, 0) is 66.0 Å². The Morgan fingerprint density at radius 3 is 2.54 bits per heavy atom. The molecule has 0 saturated carbocycles. The first-order valence-electron chi connectivity index (χ1n) is 9.19. The highest BCUT2D eigenvalue weighted by molar-refractivity contribution is 9.10. The lowest BCUT2D eigenvalue weighted by Crippen LogP contribution is -2.33. The Morgan fingerprint density at radius 2 is 1.77 bits per heavy atom. The number of likely N-dealkylation sites (N-methyl/N-ethyl adjacent to an activating group) is 1. The molecule has 0 unspecified atom stereocenters. The zero-order valence-corrected chi connectivity index (χ0v) is 16.8. The zero-order valence-electron chi connectivity index (χ0n) is 15.2. The van der Waals surface area contributed by atoms with Crippen LogP contribution in [0.15, 0.2) is 53.0 Å². The maximum absolute atomic E-state index is 12.4. The summed E-state index contributed by atoms with van der Waals surface area (Å²) < 4.78 is 0.895. The molecule has 0 bridgehead atoms. The van der Waals surface area contributed by atoms with Crippen LogP contribution in [0.4, 0.5) is 11.4 Å². The monoisotopic (exact) mass is 415 g/mol. The van der Waals surface area contributed by atoms with Crippen LogP contribution < -0.4 is 10.2 Å². The number of piperidine rings is 1. The fourth-order valence-corrected chi connectivity index (χ4v) is 3.82. The van der Waals surface area contributed by atoms with Crippen molar-refractivity contribution in [3.05, 3.63) is 58.6 Å². The lowest BCUT2D eigenvalue weighted by Gasteiger charge is -2.31. The van der Waals surface area contributed by atoms with E-state index in [-0.39, 0.29) is 5.91 Å². The molecule has 0 aromatic heterocycles. The molecule has 0 atom stereocenters. The number of rotatable bonds is 6. The molecule has 1 aliphatic heterocycles. The topological polar surface area (TPSA) is 35.6 Å². The SMILES string of the molecule is CN(CC(=O)Nc1ccccc1Br)Cc1ccccc1N1CCCCC1. The molecule has 26 heavy (non-hydrogen) atoms. The van der Waals surface area contributed by atoms with Crippen molar-refractivity contribution in [3.63, 3.8) is 0 Å². The van der Waals surface area contributed by atoms with Crippen molar-refractivity contribution in [2.24, 2.45) is 0 Å². The number of amides is 1. The smallest absolute Gasteiger partial charge is 0.238 e. The average molecular weight is 416 g/mol. The Kier molecular flexibility index (Phi) is 6.69. The standard InChI is InChI=1S/C21H26BrN3O/c1-24(16-21(26)23-19-11-5-4-10-18(19)22)15-17-9-3-6-12-20(17)25-13-7-2-8-14-25/h3-6,9-12H,2,7-8,13-16H2,1H3,(H,23,26). The Balaban J connectivity index is 1.60. The van der Waals surface area contributed by atoms with Gasteiger partial charge in [0.25, 0.3) is 0 Å². The number of benzene rings is 2. The van der Waals surface area contributed by atoms with Crippen molar-refractivity contribution >= 4 is 33.2 Å². The summed E-state index contributed by atoms with van der Waals surface area (Å²) in [6.45, 7) is 3.37. The number of para-hydroxylation sites is 2. The number of hydrogen-bond donors (Lipinski definition) is 1. The second kappa shape index (κ2) is 9.19. The third-order valence-corrected chi connectivity index (χ3v) is 5.38. The molecule has 1 heterocycles. The van der Waals surface area contributed by atoms with Crippen molar-refractivity contribution in [2.75, 3.05) is 36.9 Å². The molecule has 1 amide bonds. The minimum absolute atomic E-state index is 0.00477. The van der Waals surface area contributed by atoms with Gasteiger partial charge in [0.15, 0.2) is 0 Å². The maximum atomic E-state index is 12.4. The van der Waals surface area contributed by atoms with Crippen molar-refractivity contribution < 1.29 is 4.79 Å². The molecule has 2 aromatic rings. The molecule has 1 aliphatic rings. The van der Waals surface area contributed by atoms with Crippen LogP contribution in [-0.2, 0) is 11.3 Å². The number of carbonyl (C=O) groups is 1. The summed E-state index contributed by atoms with van der Waals surface area (Å²) in [4.78, 5) is 16.9. The first kappa shape index (κ1) is 18.9. The molecule has 4 nitrogen and oxygen atoms in total. The Bertz CT molecular complexity index is 744. The predicted octanol–water partition coefficient (Wildman–Crippen LogP) is 4.51. The molecule has 0 aliphatic carbocycles. The molecular weight excluding hydrogens is 390 g/mol. The van der Waals surface area contributed by atoms with E-state index in [0.29, 0.717) is 6.54 Å². The highest BCUT2D eigenvalue weighted by Gasteiger charge is 2.16. The van der Waals surface area contributed by atoms with E-state index in [9.17, 15) is 4.79 Å². The van der Waals surface area contributed by atoms with Gasteiger partial charge in [-0.2, -0.15) is 0 Å². The van der Waals surface area contributed by atoms with Crippen LogP contribution >= 0.6 is 15.9 Å². The summed E-state index contributed by atoms with van der Waals surface area (Å²) in [5.41, 5.74) is 3.40. The largest absolute Gasteiger partial charge is 0.371 e. The molecule has 5 heteroatoms. The molecule has 0 radical (unpaired) electrons. The van der Waals surface area contributed by atoms with Crippen LogP contribution in [0.5, 0.6) is 0 Å². The van der Waals surface area contributed by atoms with Crippen molar-refractivity contribution in [3.8, 4) is 0 Å². The highest BCUT2D eigenvalue weighted by Crippen LogP contribution is 2.25. The molecule has 1 saturated heterocycles. The zero-order chi connectivity index (χ0) is 18.4. The van der Waals surface area contributed by atoms with E-state index in [1.54, 1.807) is 0 Å². The summed E-state index contributed by atoms with van der Waals surface area (Å²) in [5, 5.41) is 2.97. The quantitative estimate of drug-likeness (QED) is 0.753. The van der Waals surface area contributed by atoms with Gasteiger partial charge in [0.05, 0.1) is 12.2 Å². The van der Waals surface area contributed by atoms with E-state index in [1.807, 2.05) is 31.3 Å². The minimum atomic E-state index is -0.00477. The van der Waals surface area contributed by atoms with Crippen LogP contribution in [0.2, 0.25) is 0 Å². The summed E-state index contributed by atoms with van der Waals surface area (Å²) in [6.07, 6.45) is 3.85. The van der Waals surface area contributed by atoms with Gasteiger partial charge in [0.1, 0.15) is 0 Å². The molecule has 0 spiro atoms. The second-order valence-corrected chi connectivity index (χ2v) is 7.73. The average Bonchev–Trinajstić information content (AvgIpc) is 2.64. The third-order valence-electron chi connectivity index (χ3n) is 4.69. The predicted molar refractivity (Wildman–Crippen MR) is 112 cm³/mol. The maximum Gasteiger partial charge on any atom is 0.238 e. The molecular formula is C21H26BrN3O. The Hall–Kier alpha value is -1.85. The van der Waals surface area contributed by atoms with Crippen LogP contribution in [0.25, 0.3) is 0 Å². The highest BCUT2D eigenvalue weighted by atomic mass is 79.9. The van der Waals surface area contributed by atoms with Crippen LogP contribution in [0.1, 0.15) is 24.8 Å². The molecule has 2 aromatic carbocycles. The van der Waals surface area contributed by atoms with Gasteiger partial charge in [-0.15, -0.1) is 0 Å². The summed E-state index contributed by atoms with van der Waals surface area (Å²) in [6, 6.07) is 16.2. The lowest BCUT2D eigenvalue weighted by molar-refractivity contribution is -0.117. The van der Waals surface area contributed by atoms with Gasteiger partial charge in [-0.3, -0.25) is 9.69 Å². The van der Waals surface area contributed by atoms with Crippen molar-refractivity contribution in [1.82, 2.24) is 4.90 Å². The van der Waals surface area contributed by atoms with Crippen molar-refractivity contribution in [1.29, 1.82) is 0 Å². The fraction of sp³-hybridized carbons (Fsp3) is 0.381. The number of nitrogens with one attached hydrogen (secondary N) is 1. The van der Waals surface area contributed by atoms with Crippen molar-refractivity contribution in [2.45, 2.75) is 25.8 Å².